The van der Waals surface area contributed by atoms with Crippen LogP contribution in [0.2, 0.25) is 0 Å². The highest BCUT2D eigenvalue weighted by Gasteiger charge is 2.21. The molecule has 0 radical (unpaired) electrons. The van der Waals surface area contributed by atoms with E-state index in [9.17, 15) is 0 Å². The topological polar surface area (TPSA) is 37.8 Å². The largest absolute Gasteiger partial charge is 0.370 e. The van der Waals surface area contributed by atoms with Crippen LogP contribution in [0.4, 0.5) is 5.82 Å². The maximum absolute atomic E-state index is 4.89. The molecule has 2 heterocycles. The first kappa shape index (κ1) is 14.5. The van der Waals surface area contributed by atoms with Crippen molar-refractivity contribution in [1.82, 2.24) is 9.97 Å². The number of rotatable bonds is 5. The Morgan fingerprint density at radius 1 is 1.29 bits per heavy atom. The summed E-state index contributed by atoms with van der Waals surface area (Å²) in [5.41, 5.74) is 2.49. The fraction of sp³-hybridized carbons (Fsp3) is 0.529. The quantitative estimate of drug-likeness (QED) is 0.845. The molecule has 21 heavy (non-hydrogen) atoms. The predicted molar refractivity (Wildman–Crippen MR) is 90.1 cm³/mol. The molecule has 1 N–H and O–H groups in total. The van der Waals surface area contributed by atoms with Gasteiger partial charge in [0, 0.05) is 24.2 Å². The van der Waals surface area contributed by atoms with Crippen LogP contribution < -0.4 is 5.32 Å². The molecule has 0 atom stereocenters. The Balaban J connectivity index is 1.98. The maximum atomic E-state index is 4.89. The lowest BCUT2D eigenvalue weighted by atomic mass is 10.0. The van der Waals surface area contributed by atoms with Gasteiger partial charge in [0.25, 0.3) is 0 Å². The highest BCUT2D eigenvalue weighted by molar-refractivity contribution is 7.13. The van der Waals surface area contributed by atoms with Crippen molar-refractivity contribution in [2.45, 2.75) is 51.9 Å². The zero-order valence-electron chi connectivity index (χ0n) is 12.9. The normalized spacial score (nSPS) is 15.5. The third-order valence-corrected chi connectivity index (χ3v) is 5.15. The fourth-order valence-corrected chi connectivity index (χ4v) is 3.80. The van der Waals surface area contributed by atoms with E-state index < -0.39 is 0 Å². The van der Waals surface area contributed by atoms with Gasteiger partial charge in [-0.2, -0.15) is 0 Å². The summed E-state index contributed by atoms with van der Waals surface area (Å²) < 4.78 is 0. The Morgan fingerprint density at radius 2 is 2.10 bits per heavy atom. The molecule has 1 aliphatic rings. The van der Waals surface area contributed by atoms with Gasteiger partial charge in [-0.3, -0.25) is 0 Å². The van der Waals surface area contributed by atoms with Gasteiger partial charge in [0.05, 0.1) is 4.88 Å². The molecular weight excluding hydrogens is 278 g/mol. The average Bonchev–Trinajstić information content (AvgIpc) is 3.16. The molecule has 0 spiro atoms. The Morgan fingerprint density at radius 3 is 2.76 bits per heavy atom. The van der Waals surface area contributed by atoms with Gasteiger partial charge in [-0.15, -0.1) is 11.3 Å². The highest BCUT2D eigenvalue weighted by Crippen LogP contribution is 2.35. The standard InChI is InChI=1S/C17H23N3S/c1-3-9-18-15-11-14(13-6-4-5-7-13)19-17(20-15)16-12(2)8-10-21-16/h8,10-11,13H,3-7,9H2,1-2H3,(H,18,19,20). The van der Waals surface area contributed by atoms with E-state index >= 15 is 0 Å². The lowest BCUT2D eigenvalue weighted by Crippen LogP contribution is -2.07. The Labute approximate surface area is 130 Å². The summed E-state index contributed by atoms with van der Waals surface area (Å²) in [5, 5.41) is 5.55. The average molecular weight is 301 g/mol. The summed E-state index contributed by atoms with van der Waals surface area (Å²) in [7, 11) is 0. The number of aromatic nitrogens is 2. The first-order valence-corrected chi connectivity index (χ1v) is 8.83. The van der Waals surface area contributed by atoms with Crippen LogP contribution in [-0.2, 0) is 0 Å². The highest BCUT2D eigenvalue weighted by atomic mass is 32.1. The van der Waals surface area contributed by atoms with Gasteiger partial charge in [0.1, 0.15) is 5.82 Å². The summed E-state index contributed by atoms with van der Waals surface area (Å²) in [6, 6.07) is 4.31. The SMILES string of the molecule is CCCNc1cc(C2CCCC2)nc(-c2sccc2C)n1. The minimum absolute atomic E-state index is 0.620. The van der Waals surface area contributed by atoms with Crippen molar-refractivity contribution >= 4 is 17.2 Å². The summed E-state index contributed by atoms with van der Waals surface area (Å²) in [6.07, 6.45) is 6.32. The van der Waals surface area contributed by atoms with E-state index in [1.165, 1.54) is 41.8 Å². The number of hydrogen-bond donors (Lipinski definition) is 1. The second-order valence-electron chi connectivity index (χ2n) is 5.84. The van der Waals surface area contributed by atoms with Crippen molar-refractivity contribution in [3.63, 3.8) is 0 Å². The number of anilines is 1. The van der Waals surface area contributed by atoms with E-state index in [-0.39, 0.29) is 0 Å². The van der Waals surface area contributed by atoms with Crippen LogP contribution >= 0.6 is 11.3 Å². The third-order valence-electron chi connectivity index (χ3n) is 4.14. The predicted octanol–water partition coefficient (Wildman–Crippen LogP) is 4.99. The smallest absolute Gasteiger partial charge is 0.172 e. The lowest BCUT2D eigenvalue weighted by molar-refractivity contribution is 0.695. The first-order valence-electron chi connectivity index (χ1n) is 7.95. The van der Waals surface area contributed by atoms with Gasteiger partial charge in [0.2, 0.25) is 0 Å². The van der Waals surface area contributed by atoms with E-state index in [4.69, 9.17) is 9.97 Å². The summed E-state index contributed by atoms with van der Waals surface area (Å²) in [5.74, 6) is 2.50. The van der Waals surface area contributed by atoms with Crippen molar-refractivity contribution in [2.75, 3.05) is 11.9 Å². The van der Waals surface area contributed by atoms with E-state index in [2.05, 4.69) is 36.7 Å². The van der Waals surface area contributed by atoms with Gasteiger partial charge >= 0.3 is 0 Å². The van der Waals surface area contributed by atoms with Crippen molar-refractivity contribution in [2.24, 2.45) is 0 Å². The van der Waals surface area contributed by atoms with E-state index in [1.54, 1.807) is 11.3 Å². The molecule has 0 saturated heterocycles. The van der Waals surface area contributed by atoms with Crippen LogP contribution in [-0.4, -0.2) is 16.5 Å². The lowest BCUT2D eigenvalue weighted by Gasteiger charge is -2.13. The van der Waals surface area contributed by atoms with Crippen LogP contribution in [0.3, 0.4) is 0 Å². The Kier molecular flexibility index (Phi) is 4.54. The molecule has 1 saturated carbocycles. The molecule has 112 valence electrons. The Bertz CT molecular complexity index is 600. The van der Waals surface area contributed by atoms with E-state index in [0.717, 1.165) is 24.6 Å². The molecule has 3 rings (SSSR count). The van der Waals surface area contributed by atoms with Gasteiger partial charge in [0.15, 0.2) is 5.82 Å². The number of thiophene rings is 1. The zero-order valence-corrected chi connectivity index (χ0v) is 13.7. The number of nitrogens with one attached hydrogen (secondary N) is 1. The third kappa shape index (κ3) is 3.26. The van der Waals surface area contributed by atoms with Gasteiger partial charge < -0.3 is 5.32 Å². The molecule has 0 unspecified atom stereocenters. The monoisotopic (exact) mass is 301 g/mol. The van der Waals surface area contributed by atoms with Crippen molar-refractivity contribution < 1.29 is 0 Å². The van der Waals surface area contributed by atoms with Crippen LogP contribution in [0.5, 0.6) is 0 Å². The molecule has 0 aliphatic heterocycles. The molecule has 1 fully saturated rings. The van der Waals surface area contributed by atoms with Crippen molar-refractivity contribution in [3.05, 3.63) is 28.8 Å². The molecule has 2 aromatic heterocycles. The second-order valence-corrected chi connectivity index (χ2v) is 6.76. The number of hydrogen-bond acceptors (Lipinski definition) is 4. The second kappa shape index (κ2) is 6.56. The molecule has 0 amide bonds. The zero-order chi connectivity index (χ0) is 14.7. The van der Waals surface area contributed by atoms with Crippen LogP contribution in [0, 0.1) is 6.92 Å². The van der Waals surface area contributed by atoms with Crippen LogP contribution in [0.15, 0.2) is 17.5 Å². The van der Waals surface area contributed by atoms with Crippen LogP contribution in [0.25, 0.3) is 10.7 Å². The molecule has 2 aromatic rings. The maximum Gasteiger partial charge on any atom is 0.172 e. The van der Waals surface area contributed by atoms with Crippen molar-refractivity contribution in [1.29, 1.82) is 0 Å². The minimum atomic E-state index is 0.620. The Hall–Kier alpha value is -1.42. The molecule has 3 nitrogen and oxygen atoms in total. The summed E-state index contributed by atoms with van der Waals surface area (Å²) >= 11 is 1.73. The first-order chi connectivity index (χ1) is 10.3. The summed E-state index contributed by atoms with van der Waals surface area (Å²) in [6.45, 7) is 5.27. The minimum Gasteiger partial charge on any atom is -0.370 e. The molecule has 0 bridgehead atoms. The molecular formula is C17H23N3S. The number of nitrogens with zero attached hydrogens (tertiary/aromatic N) is 2. The van der Waals surface area contributed by atoms with E-state index in [0.29, 0.717) is 5.92 Å². The summed E-state index contributed by atoms with van der Waals surface area (Å²) in [4.78, 5) is 10.8. The van der Waals surface area contributed by atoms with Gasteiger partial charge in [-0.05, 0) is 43.2 Å². The number of aryl methyl sites for hydroxylation is 1. The van der Waals surface area contributed by atoms with Gasteiger partial charge in [-0.25, -0.2) is 9.97 Å². The van der Waals surface area contributed by atoms with Gasteiger partial charge in [-0.1, -0.05) is 19.8 Å². The van der Waals surface area contributed by atoms with Crippen molar-refractivity contribution in [3.8, 4) is 10.7 Å². The fourth-order valence-electron chi connectivity index (χ4n) is 2.94. The molecule has 1 aliphatic carbocycles. The van der Waals surface area contributed by atoms with Crippen LogP contribution in [0.1, 0.15) is 56.2 Å². The van der Waals surface area contributed by atoms with E-state index in [1.807, 2.05) is 0 Å². The molecule has 4 heteroatoms. The molecule has 0 aromatic carbocycles.